The van der Waals surface area contributed by atoms with Gasteiger partial charge in [-0.1, -0.05) is 46.0 Å². The highest BCUT2D eigenvalue weighted by Crippen LogP contribution is 2.24. The summed E-state index contributed by atoms with van der Waals surface area (Å²) < 4.78 is 0. The first-order valence-corrected chi connectivity index (χ1v) is 7.03. The SMILES string of the molecule is CCCCCCC(C)CC1CCNCC1. The fourth-order valence-electron chi connectivity index (χ4n) is 2.72. The molecule has 1 saturated heterocycles. The molecule has 0 radical (unpaired) electrons. The Balaban J connectivity index is 1.98. The lowest BCUT2D eigenvalue weighted by Gasteiger charge is -2.25. The topological polar surface area (TPSA) is 12.0 Å². The molecule has 0 bridgehead atoms. The second kappa shape index (κ2) is 8.15. The number of unbranched alkanes of at least 4 members (excludes halogenated alkanes) is 3. The maximum atomic E-state index is 3.45. The zero-order valence-corrected chi connectivity index (χ0v) is 10.7. The number of hydrogen-bond acceptors (Lipinski definition) is 1. The van der Waals surface area contributed by atoms with Gasteiger partial charge in [-0.25, -0.2) is 0 Å². The second-order valence-electron chi connectivity index (χ2n) is 5.38. The lowest BCUT2D eigenvalue weighted by atomic mass is 9.86. The van der Waals surface area contributed by atoms with Crippen LogP contribution >= 0.6 is 0 Å². The van der Waals surface area contributed by atoms with Crippen LogP contribution in [0, 0.1) is 11.8 Å². The quantitative estimate of drug-likeness (QED) is 0.628. The molecule has 15 heavy (non-hydrogen) atoms. The van der Waals surface area contributed by atoms with Gasteiger partial charge in [0.05, 0.1) is 0 Å². The van der Waals surface area contributed by atoms with E-state index in [0.29, 0.717) is 0 Å². The molecule has 1 unspecified atom stereocenters. The molecule has 1 nitrogen and oxygen atoms in total. The highest BCUT2D eigenvalue weighted by atomic mass is 14.9. The van der Waals surface area contributed by atoms with Gasteiger partial charge in [0.1, 0.15) is 0 Å². The molecular weight excluding hydrogens is 182 g/mol. The molecule has 0 aliphatic carbocycles. The van der Waals surface area contributed by atoms with Crippen molar-refractivity contribution >= 4 is 0 Å². The Hall–Kier alpha value is -0.0400. The van der Waals surface area contributed by atoms with E-state index in [1.807, 2.05) is 0 Å². The van der Waals surface area contributed by atoms with E-state index in [2.05, 4.69) is 19.2 Å². The minimum atomic E-state index is 0.963. The molecule has 0 spiro atoms. The third kappa shape index (κ3) is 6.19. The molecule has 1 heterocycles. The van der Waals surface area contributed by atoms with Crippen LogP contribution in [0.1, 0.15) is 65.2 Å². The normalized spacial score (nSPS) is 20.4. The molecule has 0 aromatic heterocycles. The first-order valence-electron chi connectivity index (χ1n) is 7.03. The molecule has 1 aliphatic rings. The highest BCUT2D eigenvalue weighted by molar-refractivity contribution is 4.70. The predicted octanol–water partition coefficient (Wildman–Crippen LogP) is 3.98. The summed E-state index contributed by atoms with van der Waals surface area (Å²) >= 11 is 0. The van der Waals surface area contributed by atoms with Gasteiger partial charge in [0.2, 0.25) is 0 Å². The summed E-state index contributed by atoms with van der Waals surface area (Å²) in [7, 11) is 0. The van der Waals surface area contributed by atoms with E-state index in [4.69, 9.17) is 0 Å². The van der Waals surface area contributed by atoms with Gasteiger partial charge in [0, 0.05) is 0 Å². The maximum Gasteiger partial charge on any atom is -0.00463 e. The van der Waals surface area contributed by atoms with Crippen molar-refractivity contribution < 1.29 is 0 Å². The molecule has 90 valence electrons. The molecule has 0 aromatic carbocycles. The molecule has 1 heteroatoms. The van der Waals surface area contributed by atoms with Crippen molar-refractivity contribution in [3.63, 3.8) is 0 Å². The van der Waals surface area contributed by atoms with Gasteiger partial charge in [-0.2, -0.15) is 0 Å². The van der Waals surface area contributed by atoms with Gasteiger partial charge in [-0.05, 0) is 44.2 Å². The fraction of sp³-hybridized carbons (Fsp3) is 1.00. The van der Waals surface area contributed by atoms with Crippen molar-refractivity contribution in [1.29, 1.82) is 0 Å². The smallest absolute Gasteiger partial charge is 0.00463 e. The van der Waals surface area contributed by atoms with Gasteiger partial charge < -0.3 is 5.32 Å². The van der Waals surface area contributed by atoms with Gasteiger partial charge >= 0.3 is 0 Å². The first kappa shape index (κ1) is 13.0. The highest BCUT2D eigenvalue weighted by Gasteiger charge is 2.15. The number of hydrogen-bond donors (Lipinski definition) is 1. The van der Waals surface area contributed by atoms with Crippen molar-refractivity contribution in [2.45, 2.75) is 65.2 Å². The van der Waals surface area contributed by atoms with Crippen LogP contribution in [0.2, 0.25) is 0 Å². The fourth-order valence-corrected chi connectivity index (χ4v) is 2.72. The minimum absolute atomic E-state index is 0.963. The van der Waals surface area contributed by atoms with E-state index in [1.54, 1.807) is 0 Å². The van der Waals surface area contributed by atoms with Crippen LogP contribution in [0.4, 0.5) is 0 Å². The molecule has 1 N–H and O–H groups in total. The van der Waals surface area contributed by atoms with Crippen molar-refractivity contribution in [3.05, 3.63) is 0 Å². The summed E-state index contributed by atoms with van der Waals surface area (Å²) in [5, 5.41) is 3.45. The lowest BCUT2D eigenvalue weighted by molar-refractivity contribution is 0.296. The Labute approximate surface area is 96.0 Å². The second-order valence-corrected chi connectivity index (χ2v) is 5.38. The van der Waals surface area contributed by atoms with E-state index in [0.717, 1.165) is 11.8 Å². The molecular formula is C14H29N. The average molecular weight is 211 g/mol. The summed E-state index contributed by atoms with van der Waals surface area (Å²) in [5.74, 6) is 1.98. The lowest BCUT2D eigenvalue weighted by Crippen LogP contribution is -2.28. The van der Waals surface area contributed by atoms with E-state index in [1.165, 1.54) is 64.5 Å². The number of piperidine rings is 1. The molecule has 1 rings (SSSR count). The predicted molar refractivity (Wildman–Crippen MR) is 68.1 cm³/mol. The summed E-state index contributed by atoms with van der Waals surface area (Å²) in [4.78, 5) is 0. The van der Waals surface area contributed by atoms with Crippen LogP contribution in [-0.4, -0.2) is 13.1 Å². The van der Waals surface area contributed by atoms with Gasteiger partial charge in [0.25, 0.3) is 0 Å². The number of rotatable bonds is 7. The van der Waals surface area contributed by atoms with Crippen LogP contribution in [0.5, 0.6) is 0 Å². The van der Waals surface area contributed by atoms with Crippen molar-refractivity contribution in [2.24, 2.45) is 11.8 Å². The van der Waals surface area contributed by atoms with Gasteiger partial charge in [-0.3, -0.25) is 0 Å². The Morgan fingerprint density at radius 1 is 1.13 bits per heavy atom. The van der Waals surface area contributed by atoms with Crippen molar-refractivity contribution in [3.8, 4) is 0 Å². The van der Waals surface area contributed by atoms with Crippen LogP contribution in [0.25, 0.3) is 0 Å². The first-order chi connectivity index (χ1) is 7.33. The summed E-state index contributed by atoms with van der Waals surface area (Å²) in [6.07, 6.45) is 11.5. The summed E-state index contributed by atoms with van der Waals surface area (Å²) in [6, 6.07) is 0. The molecule has 1 atom stereocenters. The standard InChI is InChI=1S/C14H29N/c1-3-4-5-6-7-13(2)12-14-8-10-15-11-9-14/h13-15H,3-12H2,1-2H3. The Morgan fingerprint density at radius 2 is 1.87 bits per heavy atom. The Kier molecular flexibility index (Phi) is 7.08. The van der Waals surface area contributed by atoms with Gasteiger partial charge in [-0.15, -0.1) is 0 Å². The van der Waals surface area contributed by atoms with E-state index in [-0.39, 0.29) is 0 Å². The zero-order valence-electron chi connectivity index (χ0n) is 10.7. The van der Waals surface area contributed by atoms with E-state index in [9.17, 15) is 0 Å². The van der Waals surface area contributed by atoms with Crippen LogP contribution < -0.4 is 5.32 Å². The monoisotopic (exact) mass is 211 g/mol. The van der Waals surface area contributed by atoms with Gasteiger partial charge in [0.15, 0.2) is 0 Å². The van der Waals surface area contributed by atoms with Crippen LogP contribution in [0.3, 0.4) is 0 Å². The Bertz CT molecular complexity index is 138. The largest absolute Gasteiger partial charge is 0.317 e. The molecule has 0 amide bonds. The maximum absolute atomic E-state index is 3.45. The average Bonchev–Trinajstić information content (AvgIpc) is 2.26. The molecule has 1 aliphatic heterocycles. The number of nitrogens with one attached hydrogen (secondary N) is 1. The van der Waals surface area contributed by atoms with E-state index < -0.39 is 0 Å². The molecule has 0 saturated carbocycles. The van der Waals surface area contributed by atoms with E-state index >= 15 is 0 Å². The van der Waals surface area contributed by atoms with Crippen molar-refractivity contribution in [2.75, 3.05) is 13.1 Å². The Morgan fingerprint density at radius 3 is 2.53 bits per heavy atom. The summed E-state index contributed by atoms with van der Waals surface area (Å²) in [5.41, 5.74) is 0. The summed E-state index contributed by atoms with van der Waals surface area (Å²) in [6.45, 7) is 7.26. The van der Waals surface area contributed by atoms with Crippen molar-refractivity contribution in [1.82, 2.24) is 5.32 Å². The third-order valence-corrected chi connectivity index (χ3v) is 3.74. The van der Waals surface area contributed by atoms with Crippen LogP contribution in [0.15, 0.2) is 0 Å². The molecule has 0 aromatic rings. The third-order valence-electron chi connectivity index (χ3n) is 3.74. The van der Waals surface area contributed by atoms with Crippen LogP contribution in [-0.2, 0) is 0 Å². The zero-order chi connectivity index (χ0) is 10.9. The molecule has 1 fully saturated rings. The minimum Gasteiger partial charge on any atom is -0.317 e.